The largest absolute Gasteiger partial charge is 0.374 e. The predicted octanol–water partition coefficient (Wildman–Crippen LogP) is 3.76. The molecule has 0 spiro atoms. The monoisotopic (exact) mass is 330 g/mol. The molecule has 1 aliphatic heterocycles. The van der Waals surface area contributed by atoms with Gasteiger partial charge in [-0.05, 0) is 27.7 Å². The highest BCUT2D eigenvalue weighted by Gasteiger charge is 2.38. The molecule has 1 atom stereocenters. The molecule has 1 amide bonds. The highest BCUT2D eigenvalue weighted by Crippen LogP contribution is 2.31. The maximum atomic E-state index is 13.1. The number of hydrogen-bond donors (Lipinski definition) is 0. The molecule has 1 fully saturated rings. The maximum Gasteiger partial charge on any atom is 0.266 e. The van der Waals surface area contributed by atoms with Gasteiger partial charge in [0, 0.05) is 12.1 Å². The van der Waals surface area contributed by atoms with Crippen molar-refractivity contribution in [1.29, 1.82) is 0 Å². The Morgan fingerprint density at radius 1 is 1.35 bits per heavy atom. The van der Waals surface area contributed by atoms with Gasteiger partial charge in [-0.25, -0.2) is 4.98 Å². The summed E-state index contributed by atoms with van der Waals surface area (Å²) in [7, 11) is 0. The average Bonchev–Trinajstić information content (AvgIpc) is 2.92. The van der Waals surface area contributed by atoms with E-state index in [9.17, 15) is 4.79 Å². The molecule has 122 valence electrons. The van der Waals surface area contributed by atoms with Crippen molar-refractivity contribution < 1.29 is 9.53 Å². The first-order valence-electron chi connectivity index (χ1n) is 7.85. The van der Waals surface area contributed by atoms with E-state index in [1.165, 1.54) is 11.3 Å². The Kier molecular flexibility index (Phi) is 4.25. The zero-order valence-electron chi connectivity index (χ0n) is 14.0. The summed E-state index contributed by atoms with van der Waals surface area (Å²) in [4.78, 5) is 20.3. The minimum Gasteiger partial charge on any atom is -0.374 e. The van der Waals surface area contributed by atoms with Gasteiger partial charge in [0.15, 0.2) is 0 Å². The van der Waals surface area contributed by atoms with E-state index in [0.717, 1.165) is 21.1 Å². The molecule has 1 aliphatic rings. The molecule has 0 saturated carbocycles. The van der Waals surface area contributed by atoms with Gasteiger partial charge in [-0.15, -0.1) is 11.3 Å². The van der Waals surface area contributed by atoms with Crippen LogP contribution in [0.4, 0.5) is 0 Å². The second kappa shape index (κ2) is 6.06. The van der Waals surface area contributed by atoms with Crippen LogP contribution >= 0.6 is 11.3 Å². The molecule has 5 heteroatoms. The quantitative estimate of drug-likeness (QED) is 0.842. The third kappa shape index (κ3) is 3.16. The van der Waals surface area contributed by atoms with Crippen molar-refractivity contribution in [2.24, 2.45) is 0 Å². The van der Waals surface area contributed by atoms with E-state index >= 15 is 0 Å². The van der Waals surface area contributed by atoms with Crippen LogP contribution in [0.3, 0.4) is 0 Å². The van der Waals surface area contributed by atoms with Gasteiger partial charge in [0.25, 0.3) is 5.91 Å². The van der Waals surface area contributed by atoms with E-state index in [4.69, 9.17) is 4.74 Å². The van der Waals surface area contributed by atoms with Crippen LogP contribution in [-0.4, -0.2) is 40.6 Å². The first-order chi connectivity index (χ1) is 10.9. The lowest BCUT2D eigenvalue weighted by Crippen LogP contribution is -2.57. The molecule has 2 aromatic rings. The molecule has 1 saturated heterocycles. The zero-order chi connectivity index (χ0) is 16.6. The van der Waals surface area contributed by atoms with E-state index in [1.807, 2.05) is 62.9 Å². The molecule has 1 aromatic heterocycles. The Morgan fingerprint density at radius 3 is 2.74 bits per heavy atom. The predicted molar refractivity (Wildman–Crippen MR) is 92.8 cm³/mol. The topological polar surface area (TPSA) is 42.4 Å². The van der Waals surface area contributed by atoms with Gasteiger partial charge in [-0.2, -0.15) is 0 Å². The summed E-state index contributed by atoms with van der Waals surface area (Å²) in [5.74, 6) is 0.0577. The van der Waals surface area contributed by atoms with Crippen molar-refractivity contribution in [3.63, 3.8) is 0 Å². The Labute approximate surface area is 141 Å². The Balaban J connectivity index is 1.92. The summed E-state index contributed by atoms with van der Waals surface area (Å²) in [5.41, 5.74) is 1.55. The summed E-state index contributed by atoms with van der Waals surface area (Å²) in [6.07, 6.45) is 0.0637. The van der Waals surface area contributed by atoms with E-state index in [2.05, 4.69) is 4.98 Å². The lowest BCUT2D eigenvalue weighted by Gasteiger charge is -2.44. The number of morpholine rings is 1. The van der Waals surface area contributed by atoms with Crippen molar-refractivity contribution in [3.8, 4) is 10.6 Å². The molecule has 2 heterocycles. The Hall–Kier alpha value is -1.72. The van der Waals surface area contributed by atoms with Crippen LogP contribution < -0.4 is 0 Å². The van der Waals surface area contributed by atoms with E-state index < -0.39 is 0 Å². The minimum atomic E-state index is -0.299. The summed E-state index contributed by atoms with van der Waals surface area (Å²) >= 11 is 1.47. The molecule has 0 aliphatic carbocycles. The number of benzene rings is 1. The first kappa shape index (κ1) is 16.1. The first-order valence-corrected chi connectivity index (χ1v) is 8.66. The summed E-state index contributed by atoms with van der Waals surface area (Å²) in [6, 6.07) is 9.99. The molecular weight excluding hydrogens is 308 g/mol. The molecule has 4 nitrogen and oxygen atoms in total. The number of thiazole rings is 1. The highest BCUT2D eigenvalue weighted by atomic mass is 32.1. The van der Waals surface area contributed by atoms with Crippen molar-refractivity contribution in [2.75, 3.05) is 13.2 Å². The van der Waals surface area contributed by atoms with Crippen LogP contribution in [0.2, 0.25) is 0 Å². The van der Waals surface area contributed by atoms with Gasteiger partial charge in [-0.1, -0.05) is 30.3 Å². The van der Waals surface area contributed by atoms with Gasteiger partial charge in [0.05, 0.1) is 23.9 Å². The summed E-state index contributed by atoms with van der Waals surface area (Å²) < 4.78 is 5.71. The number of carbonyl (C=O) groups is 1. The average molecular weight is 330 g/mol. The molecule has 3 rings (SSSR count). The fourth-order valence-corrected chi connectivity index (χ4v) is 3.78. The van der Waals surface area contributed by atoms with Crippen molar-refractivity contribution >= 4 is 17.2 Å². The molecule has 1 unspecified atom stereocenters. The molecular formula is C18H22N2O2S. The lowest BCUT2D eigenvalue weighted by molar-refractivity contribution is -0.0754. The standard InChI is InChI=1S/C18H22N2O2S/c1-12-10-20(18(3,4)11-22-12)17(21)15-13(2)19-16(23-15)14-8-6-5-7-9-14/h5-9,12H,10-11H2,1-4H3. The smallest absolute Gasteiger partial charge is 0.266 e. The van der Waals surface area contributed by atoms with E-state index in [-0.39, 0.29) is 17.6 Å². The van der Waals surface area contributed by atoms with Crippen LogP contribution in [0.1, 0.15) is 36.1 Å². The number of hydrogen-bond acceptors (Lipinski definition) is 4. The number of nitrogens with zero attached hydrogens (tertiary/aromatic N) is 2. The van der Waals surface area contributed by atoms with Crippen molar-refractivity contribution in [2.45, 2.75) is 39.3 Å². The third-order valence-electron chi connectivity index (χ3n) is 4.15. The number of ether oxygens (including phenoxy) is 1. The number of carbonyl (C=O) groups excluding carboxylic acids is 1. The third-order valence-corrected chi connectivity index (χ3v) is 5.34. The number of rotatable bonds is 2. The van der Waals surface area contributed by atoms with Crippen LogP contribution in [0, 0.1) is 6.92 Å². The van der Waals surface area contributed by atoms with Gasteiger partial charge in [0.1, 0.15) is 9.88 Å². The van der Waals surface area contributed by atoms with Gasteiger partial charge < -0.3 is 9.64 Å². The number of aryl methyl sites for hydroxylation is 1. The highest BCUT2D eigenvalue weighted by molar-refractivity contribution is 7.17. The molecule has 0 radical (unpaired) electrons. The molecule has 1 aromatic carbocycles. The normalized spacial score (nSPS) is 20.5. The molecule has 0 bridgehead atoms. The van der Waals surface area contributed by atoms with Crippen molar-refractivity contribution in [3.05, 3.63) is 40.9 Å². The van der Waals surface area contributed by atoms with Crippen LogP contribution in [0.5, 0.6) is 0 Å². The van der Waals surface area contributed by atoms with E-state index in [0.29, 0.717) is 13.2 Å². The molecule has 0 N–H and O–H groups in total. The second-order valence-electron chi connectivity index (χ2n) is 6.65. The second-order valence-corrected chi connectivity index (χ2v) is 7.65. The van der Waals surface area contributed by atoms with Crippen LogP contribution in [0.25, 0.3) is 10.6 Å². The fraction of sp³-hybridized carbons (Fsp3) is 0.444. The molecule has 23 heavy (non-hydrogen) atoms. The van der Waals surface area contributed by atoms with Gasteiger partial charge in [-0.3, -0.25) is 4.79 Å². The summed E-state index contributed by atoms with van der Waals surface area (Å²) in [6.45, 7) is 9.18. The van der Waals surface area contributed by atoms with Crippen LogP contribution in [-0.2, 0) is 4.74 Å². The van der Waals surface area contributed by atoms with Crippen molar-refractivity contribution in [1.82, 2.24) is 9.88 Å². The van der Waals surface area contributed by atoms with Gasteiger partial charge in [0.2, 0.25) is 0 Å². The zero-order valence-corrected chi connectivity index (χ0v) is 14.8. The number of aromatic nitrogens is 1. The van der Waals surface area contributed by atoms with Gasteiger partial charge >= 0.3 is 0 Å². The fourth-order valence-electron chi connectivity index (χ4n) is 2.76. The van der Waals surface area contributed by atoms with Crippen LogP contribution in [0.15, 0.2) is 30.3 Å². The van der Waals surface area contributed by atoms with E-state index in [1.54, 1.807) is 0 Å². The minimum absolute atomic E-state index is 0.0577. The summed E-state index contributed by atoms with van der Waals surface area (Å²) in [5, 5.41) is 0.894. The maximum absolute atomic E-state index is 13.1. The lowest BCUT2D eigenvalue weighted by atomic mass is 10.0. The SMILES string of the molecule is Cc1nc(-c2ccccc2)sc1C(=O)N1CC(C)OCC1(C)C. The Morgan fingerprint density at radius 2 is 2.04 bits per heavy atom. The Bertz CT molecular complexity index is 709. The number of amides is 1.